The number of nitrogens with one attached hydrogen (secondary N) is 1. The van der Waals surface area contributed by atoms with Gasteiger partial charge in [-0.3, -0.25) is 0 Å². The van der Waals surface area contributed by atoms with Crippen LogP contribution in [0.1, 0.15) is 18.5 Å². The Bertz CT molecular complexity index is 544. The lowest BCUT2D eigenvalue weighted by atomic mass is 10.1. The van der Waals surface area contributed by atoms with E-state index in [1.54, 1.807) is 0 Å². The molecular weight excluding hydrogens is 338 g/mol. The van der Waals surface area contributed by atoms with Crippen molar-refractivity contribution in [2.75, 3.05) is 13.2 Å². The SMILES string of the molecule is C[C@H](NCCOc1cccc(Br)c1)c1ccc(Cl)cc1. The molecule has 0 radical (unpaired) electrons. The highest BCUT2D eigenvalue weighted by molar-refractivity contribution is 9.10. The van der Waals surface area contributed by atoms with Gasteiger partial charge in [-0.15, -0.1) is 0 Å². The minimum Gasteiger partial charge on any atom is -0.492 e. The zero-order valence-electron chi connectivity index (χ0n) is 11.3. The van der Waals surface area contributed by atoms with Crippen LogP contribution in [0, 0.1) is 0 Å². The average molecular weight is 355 g/mol. The van der Waals surface area contributed by atoms with Crippen molar-refractivity contribution in [3.63, 3.8) is 0 Å². The van der Waals surface area contributed by atoms with Crippen LogP contribution in [0.25, 0.3) is 0 Å². The zero-order chi connectivity index (χ0) is 14.4. The molecule has 0 aliphatic rings. The average Bonchev–Trinajstić information content (AvgIpc) is 2.44. The summed E-state index contributed by atoms with van der Waals surface area (Å²) in [6, 6.07) is 16.0. The molecule has 0 spiro atoms. The summed E-state index contributed by atoms with van der Waals surface area (Å²) in [7, 11) is 0. The van der Waals surface area contributed by atoms with Crippen LogP contribution in [-0.4, -0.2) is 13.2 Å². The van der Waals surface area contributed by atoms with Gasteiger partial charge in [0, 0.05) is 22.1 Å². The van der Waals surface area contributed by atoms with Gasteiger partial charge in [0.25, 0.3) is 0 Å². The molecule has 1 N–H and O–H groups in total. The predicted octanol–water partition coefficient (Wildman–Crippen LogP) is 4.83. The highest BCUT2D eigenvalue weighted by atomic mass is 79.9. The van der Waals surface area contributed by atoms with Gasteiger partial charge in [0.15, 0.2) is 0 Å². The maximum absolute atomic E-state index is 5.88. The highest BCUT2D eigenvalue weighted by Crippen LogP contribution is 2.18. The van der Waals surface area contributed by atoms with Crippen LogP contribution in [0.4, 0.5) is 0 Å². The van der Waals surface area contributed by atoms with Crippen molar-refractivity contribution in [2.24, 2.45) is 0 Å². The summed E-state index contributed by atoms with van der Waals surface area (Å²) in [6.45, 7) is 3.55. The molecule has 0 aliphatic heterocycles. The largest absolute Gasteiger partial charge is 0.492 e. The number of ether oxygens (including phenoxy) is 1. The quantitative estimate of drug-likeness (QED) is 0.750. The first-order chi connectivity index (χ1) is 9.65. The van der Waals surface area contributed by atoms with Crippen molar-refractivity contribution in [1.82, 2.24) is 5.32 Å². The topological polar surface area (TPSA) is 21.3 Å². The monoisotopic (exact) mass is 353 g/mol. The van der Waals surface area contributed by atoms with Crippen molar-refractivity contribution in [3.05, 3.63) is 63.6 Å². The number of rotatable bonds is 6. The fourth-order valence-electron chi connectivity index (χ4n) is 1.87. The fraction of sp³-hybridized carbons (Fsp3) is 0.250. The Labute approximate surface area is 133 Å². The molecule has 4 heteroatoms. The van der Waals surface area contributed by atoms with Gasteiger partial charge in [0.05, 0.1) is 0 Å². The molecule has 2 rings (SSSR count). The van der Waals surface area contributed by atoms with E-state index in [1.165, 1.54) is 5.56 Å². The fourth-order valence-corrected chi connectivity index (χ4v) is 2.37. The van der Waals surface area contributed by atoms with Crippen LogP contribution in [0.3, 0.4) is 0 Å². The molecule has 20 heavy (non-hydrogen) atoms. The smallest absolute Gasteiger partial charge is 0.120 e. The molecule has 0 saturated carbocycles. The second-order valence-corrected chi connectivity index (χ2v) is 5.89. The van der Waals surface area contributed by atoms with E-state index in [-0.39, 0.29) is 6.04 Å². The first kappa shape index (κ1) is 15.4. The van der Waals surface area contributed by atoms with Gasteiger partial charge in [-0.2, -0.15) is 0 Å². The van der Waals surface area contributed by atoms with E-state index in [2.05, 4.69) is 28.2 Å². The molecule has 0 heterocycles. The Balaban J connectivity index is 1.74. The van der Waals surface area contributed by atoms with Gasteiger partial charge in [-0.25, -0.2) is 0 Å². The Hall–Kier alpha value is -1.03. The van der Waals surface area contributed by atoms with Gasteiger partial charge < -0.3 is 10.1 Å². The van der Waals surface area contributed by atoms with Crippen LogP contribution in [-0.2, 0) is 0 Å². The normalized spacial score (nSPS) is 12.2. The molecule has 0 aliphatic carbocycles. The Morgan fingerprint density at radius 3 is 2.65 bits per heavy atom. The van der Waals surface area contributed by atoms with Gasteiger partial charge in [-0.1, -0.05) is 45.7 Å². The van der Waals surface area contributed by atoms with Crippen LogP contribution in [0.15, 0.2) is 53.0 Å². The summed E-state index contributed by atoms with van der Waals surface area (Å²) in [5.74, 6) is 0.875. The number of hydrogen-bond donors (Lipinski definition) is 1. The first-order valence-corrected chi connectivity index (χ1v) is 7.69. The minimum absolute atomic E-state index is 0.276. The number of benzene rings is 2. The lowest BCUT2D eigenvalue weighted by molar-refractivity contribution is 0.307. The lowest BCUT2D eigenvalue weighted by Gasteiger charge is -2.14. The third-order valence-electron chi connectivity index (χ3n) is 2.99. The van der Waals surface area contributed by atoms with E-state index < -0.39 is 0 Å². The third-order valence-corrected chi connectivity index (χ3v) is 3.73. The summed E-state index contributed by atoms with van der Waals surface area (Å²) in [4.78, 5) is 0. The van der Waals surface area contributed by atoms with Crippen LogP contribution >= 0.6 is 27.5 Å². The van der Waals surface area contributed by atoms with Gasteiger partial charge in [0.1, 0.15) is 12.4 Å². The van der Waals surface area contributed by atoms with Crippen molar-refractivity contribution in [3.8, 4) is 5.75 Å². The first-order valence-electron chi connectivity index (χ1n) is 6.52. The van der Waals surface area contributed by atoms with Gasteiger partial charge in [-0.05, 0) is 42.8 Å². The molecule has 0 aromatic heterocycles. The van der Waals surface area contributed by atoms with Crippen molar-refractivity contribution in [2.45, 2.75) is 13.0 Å². The van der Waals surface area contributed by atoms with E-state index in [0.717, 1.165) is 21.8 Å². The second-order valence-electron chi connectivity index (χ2n) is 4.53. The molecule has 0 unspecified atom stereocenters. The zero-order valence-corrected chi connectivity index (χ0v) is 13.6. The number of hydrogen-bond acceptors (Lipinski definition) is 2. The summed E-state index contributed by atoms with van der Waals surface area (Å²) < 4.78 is 6.70. The van der Waals surface area contributed by atoms with Gasteiger partial charge in [0.2, 0.25) is 0 Å². The second kappa shape index (κ2) is 7.67. The minimum atomic E-state index is 0.276. The molecule has 1 atom stereocenters. The summed E-state index contributed by atoms with van der Waals surface area (Å²) in [6.07, 6.45) is 0. The highest BCUT2D eigenvalue weighted by Gasteiger charge is 2.04. The maximum atomic E-state index is 5.88. The maximum Gasteiger partial charge on any atom is 0.120 e. The molecular formula is C16H17BrClNO. The third kappa shape index (κ3) is 4.82. The Morgan fingerprint density at radius 2 is 1.95 bits per heavy atom. The molecule has 2 aromatic rings. The van der Waals surface area contributed by atoms with Crippen molar-refractivity contribution < 1.29 is 4.74 Å². The molecule has 2 aromatic carbocycles. The van der Waals surface area contributed by atoms with E-state index in [4.69, 9.17) is 16.3 Å². The molecule has 0 fully saturated rings. The van der Waals surface area contributed by atoms with Crippen LogP contribution in [0.2, 0.25) is 5.02 Å². The molecule has 0 saturated heterocycles. The molecule has 2 nitrogen and oxygen atoms in total. The summed E-state index contributed by atoms with van der Waals surface area (Å²) in [5, 5.41) is 4.19. The Kier molecular flexibility index (Phi) is 5.89. The van der Waals surface area contributed by atoms with Crippen LogP contribution < -0.4 is 10.1 Å². The summed E-state index contributed by atoms with van der Waals surface area (Å²) in [5.41, 5.74) is 1.22. The lowest BCUT2D eigenvalue weighted by Crippen LogP contribution is -2.24. The molecule has 0 amide bonds. The van der Waals surface area contributed by atoms with Gasteiger partial charge >= 0.3 is 0 Å². The van der Waals surface area contributed by atoms with E-state index in [9.17, 15) is 0 Å². The number of halogens is 2. The predicted molar refractivity (Wildman–Crippen MR) is 87.5 cm³/mol. The molecule has 106 valence electrons. The van der Waals surface area contributed by atoms with Crippen molar-refractivity contribution in [1.29, 1.82) is 0 Å². The van der Waals surface area contributed by atoms with Crippen LogP contribution in [0.5, 0.6) is 5.75 Å². The Morgan fingerprint density at radius 1 is 1.20 bits per heavy atom. The summed E-state index contributed by atoms with van der Waals surface area (Å²) >= 11 is 9.30. The van der Waals surface area contributed by atoms with Crippen molar-refractivity contribution >= 4 is 27.5 Å². The standard InChI is InChI=1S/C16H17BrClNO/c1-12(13-5-7-15(18)8-6-13)19-9-10-20-16-4-2-3-14(17)11-16/h2-8,11-12,19H,9-10H2,1H3/t12-/m0/s1. The van der Waals surface area contributed by atoms with E-state index in [0.29, 0.717) is 6.61 Å². The molecule has 0 bridgehead atoms. The van der Waals surface area contributed by atoms with E-state index in [1.807, 2.05) is 48.5 Å². The van der Waals surface area contributed by atoms with E-state index >= 15 is 0 Å².